The lowest BCUT2D eigenvalue weighted by atomic mass is 9.98. The molecule has 1 saturated heterocycles. The van der Waals surface area contributed by atoms with E-state index < -0.39 is 0 Å². The number of hydrogen-bond acceptors (Lipinski definition) is 5. The summed E-state index contributed by atoms with van der Waals surface area (Å²) in [6.07, 6.45) is 5.18. The third-order valence-electron chi connectivity index (χ3n) is 4.69. The molecule has 7 nitrogen and oxygen atoms in total. The smallest absolute Gasteiger partial charge is 0.259 e. The summed E-state index contributed by atoms with van der Waals surface area (Å²) in [6.45, 7) is 3.76. The number of piperidine rings is 1. The molecule has 0 saturated carbocycles. The van der Waals surface area contributed by atoms with Crippen LogP contribution in [0.2, 0.25) is 0 Å². The Hall–Kier alpha value is -2.41. The van der Waals surface area contributed by atoms with Gasteiger partial charge in [0.1, 0.15) is 0 Å². The first-order valence-electron chi connectivity index (χ1n) is 8.21. The van der Waals surface area contributed by atoms with Crippen molar-refractivity contribution in [3.8, 4) is 0 Å². The van der Waals surface area contributed by atoms with Crippen molar-refractivity contribution in [1.82, 2.24) is 14.8 Å². The number of pyridine rings is 1. The monoisotopic (exact) mass is 329 g/mol. The molecule has 0 radical (unpaired) electrons. The number of hydrogen-bond donors (Lipinski definition) is 2. The van der Waals surface area contributed by atoms with Gasteiger partial charge in [-0.1, -0.05) is 0 Å². The third kappa shape index (κ3) is 3.26. The molecule has 0 atom stereocenters. The first kappa shape index (κ1) is 16.4. The number of aliphatic hydroxyl groups excluding tert-OH is 1. The predicted octanol–water partition coefficient (Wildman–Crippen LogP) is 1.58. The Kier molecular flexibility index (Phi) is 4.80. The molecular weight excluding hydrogens is 306 g/mol. The van der Waals surface area contributed by atoms with Crippen LogP contribution in [0.1, 0.15) is 28.9 Å². The molecule has 1 aliphatic rings. The lowest BCUT2D eigenvalue weighted by Gasteiger charge is -2.33. The molecular formula is C17H23N5O2. The number of aromatic nitrogens is 3. The summed E-state index contributed by atoms with van der Waals surface area (Å²) in [5.74, 6) is 0.963. The van der Waals surface area contributed by atoms with Gasteiger partial charge in [-0.2, -0.15) is 5.10 Å². The average molecular weight is 329 g/mol. The maximum atomic E-state index is 12.5. The van der Waals surface area contributed by atoms with Crippen molar-refractivity contribution in [1.29, 1.82) is 0 Å². The minimum Gasteiger partial charge on any atom is -0.396 e. The zero-order chi connectivity index (χ0) is 17.1. The van der Waals surface area contributed by atoms with Crippen molar-refractivity contribution >= 4 is 17.4 Å². The van der Waals surface area contributed by atoms with Crippen molar-refractivity contribution in [3.05, 3.63) is 35.8 Å². The fraction of sp³-hybridized carbons (Fsp3) is 0.471. The van der Waals surface area contributed by atoms with Crippen LogP contribution in [0.3, 0.4) is 0 Å². The Morgan fingerprint density at radius 3 is 2.79 bits per heavy atom. The predicted molar refractivity (Wildman–Crippen MR) is 92.2 cm³/mol. The molecule has 7 heteroatoms. The summed E-state index contributed by atoms with van der Waals surface area (Å²) in [5.41, 5.74) is 2.08. The van der Waals surface area contributed by atoms with E-state index in [0.717, 1.165) is 37.4 Å². The summed E-state index contributed by atoms with van der Waals surface area (Å²) < 4.78 is 1.68. The topological polar surface area (TPSA) is 83.3 Å². The molecule has 0 bridgehead atoms. The highest BCUT2D eigenvalue weighted by Gasteiger charge is 2.22. The van der Waals surface area contributed by atoms with Gasteiger partial charge in [0.05, 0.1) is 17.4 Å². The van der Waals surface area contributed by atoms with E-state index in [9.17, 15) is 9.90 Å². The van der Waals surface area contributed by atoms with Crippen LogP contribution in [0.5, 0.6) is 0 Å². The quantitative estimate of drug-likeness (QED) is 0.890. The Bertz CT molecular complexity index is 720. The largest absolute Gasteiger partial charge is 0.396 e. The average Bonchev–Trinajstić information content (AvgIpc) is 2.95. The summed E-state index contributed by atoms with van der Waals surface area (Å²) in [4.78, 5) is 19.2. The molecule has 2 N–H and O–H groups in total. The van der Waals surface area contributed by atoms with E-state index in [4.69, 9.17) is 0 Å². The van der Waals surface area contributed by atoms with Gasteiger partial charge in [-0.3, -0.25) is 9.48 Å². The summed E-state index contributed by atoms with van der Waals surface area (Å²) in [7, 11) is 1.81. The maximum absolute atomic E-state index is 12.5. The second kappa shape index (κ2) is 7.00. The summed E-state index contributed by atoms with van der Waals surface area (Å²) in [5, 5.41) is 16.3. The van der Waals surface area contributed by atoms with Crippen LogP contribution in [-0.4, -0.2) is 45.5 Å². The van der Waals surface area contributed by atoms with Gasteiger partial charge in [-0.15, -0.1) is 0 Å². The van der Waals surface area contributed by atoms with Gasteiger partial charge in [0, 0.05) is 38.6 Å². The second-order valence-electron chi connectivity index (χ2n) is 6.21. The van der Waals surface area contributed by atoms with E-state index in [1.165, 1.54) is 0 Å². The van der Waals surface area contributed by atoms with Crippen molar-refractivity contribution < 1.29 is 9.90 Å². The Labute approximate surface area is 141 Å². The second-order valence-corrected chi connectivity index (χ2v) is 6.21. The van der Waals surface area contributed by atoms with E-state index in [1.807, 2.05) is 26.1 Å². The first-order valence-corrected chi connectivity index (χ1v) is 8.21. The van der Waals surface area contributed by atoms with Gasteiger partial charge < -0.3 is 15.3 Å². The first-order chi connectivity index (χ1) is 11.6. The number of nitrogens with one attached hydrogen (secondary N) is 1. The van der Waals surface area contributed by atoms with Gasteiger partial charge in [-0.25, -0.2) is 4.98 Å². The van der Waals surface area contributed by atoms with Gasteiger partial charge in [0.25, 0.3) is 5.91 Å². The molecule has 2 aromatic heterocycles. The lowest BCUT2D eigenvalue weighted by molar-refractivity contribution is 0.102. The standard InChI is InChI=1S/C17H23N5O2/c1-12-14(10-19-21(12)2)17(24)20-15-4-3-7-18-16(15)22-8-5-13(11-23)6-9-22/h3-4,7,10,13,23H,5-6,8-9,11H2,1-2H3,(H,20,24). The van der Waals surface area contributed by atoms with Crippen molar-refractivity contribution in [3.63, 3.8) is 0 Å². The molecule has 0 unspecified atom stereocenters. The number of aryl methyl sites for hydroxylation is 1. The lowest BCUT2D eigenvalue weighted by Crippen LogP contribution is -2.35. The minimum absolute atomic E-state index is 0.180. The summed E-state index contributed by atoms with van der Waals surface area (Å²) >= 11 is 0. The molecule has 0 spiro atoms. The number of carbonyl (C=O) groups is 1. The number of amides is 1. The minimum atomic E-state index is -0.180. The van der Waals surface area contributed by atoms with Crippen LogP contribution in [0.4, 0.5) is 11.5 Å². The highest BCUT2D eigenvalue weighted by molar-refractivity contribution is 6.06. The Balaban J connectivity index is 1.77. The Morgan fingerprint density at radius 1 is 1.42 bits per heavy atom. The molecule has 0 aliphatic carbocycles. The number of nitrogens with zero attached hydrogens (tertiary/aromatic N) is 4. The highest BCUT2D eigenvalue weighted by atomic mass is 16.3. The van der Waals surface area contributed by atoms with Gasteiger partial charge >= 0.3 is 0 Å². The van der Waals surface area contributed by atoms with Crippen molar-refractivity contribution in [2.45, 2.75) is 19.8 Å². The van der Waals surface area contributed by atoms with E-state index in [0.29, 0.717) is 17.2 Å². The van der Waals surface area contributed by atoms with Gasteiger partial charge in [0.15, 0.2) is 5.82 Å². The summed E-state index contributed by atoms with van der Waals surface area (Å²) in [6, 6.07) is 3.68. The van der Waals surface area contributed by atoms with Crippen LogP contribution in [0.15, 0.2) is 24.5 Å². The number of anilines is 2. The molecule has 2 aromatic rings. The fourth-order valence-corrected chi connectivity index (χ4v) is 2.99. The SMILES string of the molecule is Cc1c(C(=O)Nc2cccnc2N2CCC(CO)CC2)cnn1C. The fourth-order valence-electron chi connectivity index (χ4n) is 2.99. The number of aliphatic hydroxyl groups is 1. The van der Waals surface area contributed by atoms with E-state index in [2.05, 4.69) is 20.3 Å². The Morgan fingerprint density at radius 2 is 2.17 bits per heavy atom. The number of carbonyl (C=O) groups excluding carboxylic acids is 1. The zero-order valence-corrected chi connectivity index (χ0v) is 14.1. The van der Waals surface area contributed by atoms with Crippen LogP contribution in [0.25, 0.3) is 0 Å². The zero-order valence-electron chi connectivity index (χ0n) is 14.1. The van der Waals surface area contributed by atoms with Crippen molar-refractivity contribution in [2.75, 3.05) is 29.9 Å². The molecule has 3 rings (SSSR count). The maximum Gasteiger partial charge on any atom is 0.259 e. The molecule has 1 fully saturated rings. The van der Waals surface area contributed by atoms with Crippen LogP contribution >= 0.6 is 0 Å². The van der Waals surface area contributed by atoms with E-state index in [1.54, 1.807) is 17.1 Å². The molecule has 3 heterocycles. The van der Waals surface area contributed by atoms with E-state index in [-0.39, 0.29) is 12.5 Å². The van der Waals surface area contributed by atoms with Crippen LogP contribution < -0.4 is 10.2 Å². The van der Waals surface area contributed by atoms with Crippen molar-refractivity contribution in [2.24, 2.45) is 13.0 Å². The number of rotatable bonds is 4. The van der Waals surface area contributed by atoms with E-state index >= 15 is 0 Å². The van der Waals surface area contributed by atoms with Crippen LogP contribution in [-0.2, 0) is 7.05 Å². The molecule has 1 aliphatic heterocycles. The van der Waals surface area contributed by atoms with Gasteiger partial charge in [0.2, 0.25) is 0 Å². The highest BCUT2D eigenvalue weighted by Crippen LogP contribution is 2.28. The molecule has 1 amide bonds. The molecule has 128 valence electrons. The third-order valence-corrected chi connectivity index (χ3v) is 4.69. The van der Waals surface area contributed by atoms with Crippen LogP contribution in [0, 0.1) is 12.8 Å². The van der Waals surface area contributed by atoms with Gasteiger partial charge in [-0.05, 0) is 37.8 Å². The molecule has 0 aromatic carbocycles. The molecule has 24 heavy (non-hydrogen) atoms. The normalized spacial score (nSPS) is 15.5.